The number of ether oxygens (including phenoxy) is 2. The number of rotatable bonds is 3. The first kappa shape index (κ1) is 16.9. The fraction of sp³-hybridized carbons (Fsp3) is 0.619. The first-order valence-corrected chi connectivity index (χ1v) is 10.2. The molecular weight excluding hydrogens is 344 g/mol. The molecule has 0 N–H and O–H groups in total. The highest BCUT2D eigenvalue weighted by atomic mass is 16.7. The molecule has 1 aromatic rings. The number of nitrogens with zero attached hydrogens (tertiary/aromatic N) is 2. The van der Waals surface area contributed by atoms with Crippen LogP contribution < -0.4 is 9.47 Å². The summed E-state index contributed by atoms with van der Waals surface area (Å²) in [5.41, 5.74) is 1.07. The Kier molecular flexibility index (Phi) is 4.21. The predicted octanol–water partition coefficient (Wildman–Crippen LogP) is 2.55. The van der Waals surface area contributed by atoms with Gasteiger partial charge in [0.2, 0.25) is 18.6 Å². The zero-order chi connectivity index (χ0) is 18.4. The van der Waals surface area contributed by atoms with Crippen molar-refractivity contribution in [3.63, 3.8) is 0 Å². The third-order valence-electron chi connectivity index (χ3n) is 6.70. The van der Waals surface area contributed by atoms with Crippen molar-refractivity contribution in [2.24, 2.45) is 11.8 Å². The van der Waals surface area contributed by atoms with Gasteiger partial charge < -0.3 is 19.3 Å². The molecule has 27 heavy (non-hydrogen) atoms. The zero-order valence-corrected chi connectivity index (χ0v) is 15.6. The number of piperidine rings is 2. The Balaban J connectivity index is 1.29. The molecule has 0 spiro atoms. The molecule has 3 heterocycles. The van der Waals surface area contributed by atoms with Crippen LogP contribution in [0.25, 0.3) is 0 Å². The molecule has 0 unspecified atom stereocenters. The third-order valence-corrected chi connectivity index (χ3v) is 6.70. The van der Waals surface area contributed by atoms with Gasteiger partial charge in [0.25, 0.3) is 0 Å². The highest BCUT2D eigenvalue weighted by molar-refractivity contribution is 5.80. The summed E-state index contributed by atoms with van der Waals surface area (Å²) in [4.78, 5) is 29.4. The second-order valence-electron chi connectivity index (χ2n) is 8.28. The number of fused-ring (bicyclic) bond motifs is 2. The Labute approximate surface area is 159 Å². The van der Waals surface area contributed by atoms with Crippen LogP contribution in [0, 0.1) is 11.8 Å². The van der Waals surface area contributed by atoms with E-state index in [-0.39, 0.29) is 24.7 Å². The van der Waals surface area contributed by atoms with Gasteiger partial charge in [0.05, 0.1) is 0 Å². The van der Waals surface area contributed by atoms with Crippen molar-refractivity contribution in [3.05, 3.63) is 23.8 Å². The number of likely N-dealkylation sites (tertiary alicyclic amines) is 2. The van der Waals surface area contributed by atoms with Crippen molar-refractivity contribution in [1.29, 1.82) is 0 Å². The fourth-order valence-corrected chi connectivity index (χ4v) is 4.91. The molecule has 5 rings (SSSR count). The summed E-state index contributed by atoms with van der Waals surface area (Å²) in [6.07, 6.45) is 5.66. The van der Waals surface area contributed by atoms with Crippen LogP contribution in [0.4, 0.5) is 0 Å². The molecule has 3 aliphatic heterocycles. The molecule has 1 aromatic carbocycles. The summed E-state index contributed by atoms with van der Waals surface area (Å²) in [6, 6.07) is 6.15. The Morgan fingerprint density at radius 1 is 1.11 bits per heavy atom. The lowest BCUT2D eigenvalue weighted by Crippen LogP contribution is -2.57. The topological polar surface area (TPSA) is 59.1 Å². The van der Waals surface area contributed by atoms with Crippen LogP contribution in [-0.4, -0.2) is 47.5 Å². The van der Waals surface area contributed by atoms with E-state index in [2.05, 4.69) is 4.90 Å². The second kappa shape index (κ2) is 6.73. The van der Waals surface area contributed by atoms with Gasteiger partial charge in [0.15, 0.2) is 11.5 Å². The molecule has 0 aromatic heterocycles. The van der Waals surface area contributed by atoms with E-state index in [0.717, 1.165) is 55.8 Å². The molecule has 2 amide bonds. The maximum Gasteiger partial charge on any atom is 0.231 e. The summed E-state index contributed by atoms with van der Waals surface area (Å²) < 4.78 is 10.8. The average molecular weight is 370 g/mol. The van der Waals surface area contributed by atoms with Gasteiger partial charge in [-0.3, -0.25) is 9.59 Å². The number of hydrogen-bond donors (Lipinski definition) is 0. The molecule has 2 atom stereocenters. The van der Waals surface area contributed by atoms with E-state index in [0.29, 0.717) is 24.8 Å². The summed E-state index contributed by atoms with van der Waals surface area (Å²) in [7, 11) is 0. The summed E-state index contributed by atoms with van der Waals surface area (Å²) in [6.45, 7) is 2.45. The van der Waals surface area contributed by atoms with Crippen LogP contribution in [0.3, 0.4) is 0 Å². The van der Waals surface area contributed by atoms with Crippen molar-refractivity contribution in [2.75, 3.05) is 19.9 Å². The average Bonchev–Trinajstić information content (AvgIpc) is 3.10. The molecule has 6 heteroatoms. The molecule has 6 nitrogen and oxygen atoms in total. The maximum atomic E-state index is 12.7. The SMILES string of the molecule is O=C(C1CCC1)N1CC[C@H]2[C@H](CCC(=O)N2Cc2ccc3c(c2)OCO3)C1. The summed E-state index contributed by atoms with van der Waals surface area (Å²) in [5, 5.41) is 0. The highest BCUT2D eigenvalue weighted by Gasteiger charge is 2.41. The van der Waals surface area contributed by atoms with Crippen LogP contribution in [0.1, 0.15) is 44.1 Å². The largest absolute Gasteiger partial charge is 0.454 e. The lowest BCUT2D eigenvalue weighted by atomic mass is 9.80. The minimum atomic E-state index is 0.229. The van der Waals surface area contributed by atoms with Crippen molar-refractivity contribution < 1.29 is 19.1 Å². The molecule has 0 bridgehead atoms. The first-order valence-electron chi connectivity index (χ1n) is 10.2. The van der Waals surface area contributed by atoms with Crippen LogP contribution >= 0.6 is 0 Å². The Bertz CT molecular complexity index is 761. The Hall–Kier alpha value is -2.24. The van der Waals surface area contributed by atoms with Gasteiger partial charge in [-0.15, -0.1) is 0 Å². The van der Waals surface area contributed by atoms with E-state index in [1.807, 2.05) is 23.1 Å². The first-order chi connectivity index (χ1) is 13.2. The zero-order valence-electron chi connectivity index (χ0n) is 15.6. The van der Waals surface area contributed by atoms with Crippen molar-refractivity contribution in [2.45, 2.75) is 51.1 Å². The Morgan fingerprint density at radius 3 is 2.78 bits per heavy atom. The van der Waals surface area contributed by atoms with E-state index in [9.17, 15) is 9.59 Å². The number of benzene rings is 1. The standard InChI is InChI=1S/C21H26N2O4/c24-20-7-5-16-12-22(21(25)15-2-1-3-15)9-8-17(16)23(20)11-14-4-6-18-19(10-14)27-13-26-18/h4,6,10,15-17H,1-3,5,7-9,11-13H2/t16-,17+/m1/s1. The molecule has 0 radical (unpaired) electrons. The highest BCUT2D eigenvalue weighted by Crippen LogP contribution is 2.37. The van der Waals surface area contributed by atoms with Gasteiger partial charge in [-0.1, -0.05) is 12.5 Å². The molecule has 1 saturated carbocycles. The second-order valence-corrected chi connectivity index (χ2v) is 8.28. The van der Waals surface area contributed by atoms with Gasteiger partial charge in [-0.05, 0) is 49.3 Å². The summed E-state index contributed by atoms with van der Waals surface area (Å²) >= 11 is 0. The number of carbonyl (C=O) groups is 2. The van der Waals surface area contributed by atoms with Gasteiger partial charge in [-0.2, -0.15) is 0 Å². The normalized spacial score (nSPS) is 27.3. The molecular formula is C21H26N2O4. The van der Waals surface area contributed by atoms with Crippen molar-refractivity contribution >= 4 is 11.8 Å². The van der Waals surface area contributed by atoms with Crippen molar-refractivity contribution in [3.8, 4) is 11.5 Å². The number of hydrogen-bond acceptors (Lipinski definition) is 4. The third kappa shape index (κ3) is 3.05. The van der Waals surface area contributed by atoms with Crippen LogP contribution in [0.5, 0.6) is 11.5 Å². The van der Waals surface area contributed by atoms with Crippen LogP contribution in [-0.2, 0) is 16.1 Å². The maximum absolute atomic E-state index is 12.7. The van der Waals surface area contributed by atoms with Crippen molar-refractivity contribution in [1.82, 2.24) is 9.80 Å². The van der Waals surface area contributed by atoms with Gasteiger partial charge in [0, 0.05) is 38.0 Å². The monoisotopic (exact) mass is 370 g/mol. The van der Waals surface area contributed by atoms with Crippen LogP contribution in [0.2, 0.25) is 0 Å². The van der Waals surface area contributed by atoms with E-state index < -0.39 is 0 Å². The molecule has 1 aliphatic carbocycles. The van der Waals surface area contributed by atoms with E-state index in [1.165, 1.54) is 6.42 Å². The quantitative estimate of drug-likeness (QED) is 0.821. The lowest BCUT2D eigenvalue weighted by molar-refractivity contribution is -0.147. The van der Waals surface area contributed by atoms with Gasteiger partial charge in [-0.25, -0.2) is 0 Å². The fourth-order valence-electron chi connectivity index (χ4n) is 4.91. The van der Waals surface area contributed by atoms with E-state index in [4.69, 9.17) is 9.47 Å². The Morgan fingerprint density at radius 2 is 1.96 bits per heavy atom. The number of carbonyl (C=O) groups excluding carboxylic acids is 2. The minimum absolute atomic E-state index is 0.229. The summed E-state index contributed by atoms with van der Waals surface area (Å²) in [5.74, 6) is 2.76. The smallest absolute Gasteiger partial charge is 0.231 e. The molecule has 4 aliphatic rings. The lowest BCUT2D eigenvalue weighted by Gasteiger charge is -2.48. The molecule has 3 fully saturated rings. The minimum Gasteiger partial charge on any atom is -0.454 e. The van der Waals surface area contributed by atoms with Crippen LogP contribution in [0.15, 0.2) is 18.2 Å². The van der Waals surface area contributed by atoms with Gasteiger partial charge >= 0.3 is 0 Å². The van der Waals surface area contributed by atoms with E-state index in [1.54, 1.807) is 0 Å². The number of amides is 2. The van der Waals surface area contributed by atoms with Gasteiger partial charge in [0.1, 0.15) is 0 Å². The predicted molar refractivity (Wildman–Crippen MR) is 98.2 cm³/mol. The molecule has 144 valence electrons. The molecule has 2 saturated heterocycles. The van der Waals surface area contributed by atoms with E-state index >= 15 is 0 Å².